The fraction of sp³-hybridized carbons (Fsp3) is 0.400. The topological polar surface area (TPSA) is 74.2 Å². The minimum atomic E-state index is -2.77. The largest absolute Gasteiger partial charge is 0.490 e. The molecule has 3 aromatic rings. The Morgan fingerprint density at radius 1 is 1.22 bits per heavy atom. The molecule has 27 heavy (non-hydrogen) atoms. The molecule has 0 fully saturated rings. The van der Waals surface area contributed by atoms with Gasteiger partial charge in [0.2, 0.25) is 5.71 Å². The third kappa shape index (κ3) is 4.42. The normalized spacial score (nSPS) is 14.1. The van der Waals surface area contributed by atoms with Gasteiger partial charge in [-0.15, -0.1) is 0 Å². The van der Waals surface area contributed by atoms with Gasteiger partial charge in [0.25, 0.3) is 6.43 Å². The summed E-state index contributed by atoms with van der Waals surface area (Å²) in [5.41, 5.74) is 6.71. The maximum atomic E-state index is 13.6. The average molecular weight is 375 g/mol. The maximum absolute atomic E-state index is 13.6. The van der Waals surface area contributed by atoms with Crippen LogP contribution in [0.15, 0.2) is 41.1 Å². The SMILES string of the molecule is CC(C)C[C@](C)(N)COc1ccc(-c2ccnc3occc23)nc1C(F)F. The second-order valence-electron chi connectivity index (χ2n) is 7.42. The molecule has 144 valence electrons. The van der Waals surface area contributed by atoms with Crippen LogP contribution in [-0.4, -0.2) is 22.1 Å². The van der Waals surface area contributed by atoms with Crippen molar-refractivity contribution in [1.29, 1.82) is 0 Å². The lowest BCUT2D eigenvalue weighted by Gasteiger charge is -2.27. The van der Waals surface area contributed by atoms with Crippen molar-refractivity contribution in [3.63, 3.8) is 0 Å². The summed E-state index contributed by atoms with van der Waals surface area (Å²) in [7, 11) is 0. The van der Waals surface area contributed by atoms with E-state index in [2.05, 4.69) is 23.8 Å². The number of nitrogens with zero attached hydrogens (tertiary/aromatic N) is 2. The van der Waals surface area contributed by atoms with E-state index in [9.17, 15) is 8.78 Å². The van der Waals surface area contributed by atoms with Crippen LogP contribution in [-0.2, 0) is 0 Å². The van der Waals surface area contributed by atoms with Gasteiger partial charge in [0.15, 0.2) is 0 Å². The molecule has 0 amide bonds. The first kappa shape index (κ1) is 19.2. The lowest BCUT2D eigenvalue weighted by atomic mass is 9.93. The third-order valence-corrected chi connectivity index (χ3v) is 4.17. The fourth-order valence-corrected chi connectivity index (χ4v) is 3.22. The molecule has 0 bridgehead atoms. The predicted octanol–water partition coefficient (Wildman–Crippen LogP) is 4.97. The van der Waals surface area contributed by atoms with Gasteiger partial charge in [0, 0.05) is 22.7 Å². The van der Waals surface area contributed by atoms with E-state index in [0.717, 1.165) is 6.42 Å². The molecule has 3 aromatic heterocycles. The predicted molar refractivity (Wildman–Crippen MR) is 99.7 cm³/mol. The molecule has 0 saturated heterocycles. The van der Waals surface area contributed by atoms with Gasteiger partial charge >= 0.3 is 0 Å². The zero-order valence-corrected chi connectivity index (χ0v) is 15.6. The molecule has 3 rings (SSSR count). The van der Waals surface area contributed by atoms with E-state index in [-0.39, 0.29) is 12.4 Å². The first-order chi connectivity index (χ1) is 12.8. The zero-order chi connectivity index (χ0) is 19.6. The van der Waals surface area contributed by atoms with E-state index in [1.54, 1.807) is 24.4 Å². The van der Waals surface area contributed by atoms with Gasteiger partial charge in [-0.05, 0) is 43.5 Å². The first-order valence-corrected chi connectivity index (χ1v) is 8.80. The summed E-state index contributed by atoms with van der Waals surface area (Å²) in [4.78, 5) is 8.25. The van der Waals surface area contributed by atoms with Crippen LogP contribution in [0, 0.1) is 5.92 Å². The summed E-state index contributed by atoms with van der Waals surface area (Å²) in [6, 6.07) is 6.62. The molecule has 0 aromatic carbocycles. The number of hydrogen-bond donors (Lipinski definition) is 1. The Hall–Kier alpha value is -2.54. The molecule has 1 atom stereocenters. The molecule has 0 unspecified atom stereocenters. The van der Waals surface area contributed by atoms with Crippen LogP contribution in [0.2, 0.25) is 0 Å². The van der Waals surface area contributed by atoms with Crippen LogP contribution in [0.3, 0.4) is 0 Å². The Kier molecular flexibility index (Phi) is 5.41. The van der Waals surface area contributed by atoms with Gasteiger partial charge in [-0.2, -0.15) is 0 Å². The zero-order valence-electron chi connectivity index (χ0n) is 15.6. The van der Waals surface area contributed by atoms with E-state index >= 15 is 0 Å². The Labute approximate surface area is 156 Å². The monoisotopic (exact) mass is 375 g/mol. The summed E-state index contributed by atoms with van der Waals surface area (Å²) in [6.07, 6.45) is 1.01. The number of alkyl halides is 2. The van der Waals surface area contributed by atoms with Crippen molar-refractivity contribution >= 4 is 11.1 Å². The summed E-state index contributed by atoms with van der Waals surface area (Å²) < 4.78 is 38.1. The number of hydrogen-bond acceptors (Lipinski definition) is 5. The lowest BCUT2D eigenvalue weighted by molar-refractivity contribution is 0.134. The minimum Gasteiger partial charge on any atom is -0.490 e. The number of aromatic nitrogens is 2. The first-order valence-electron chi connectivity index (χ1n) is 8.80. The van der Waals surface area contributed by atoms with Gasteiger partial charge in [-0.3, -0.25) is 0 Å². The van der Waals surface area contributed by atoms with E-state index < -0.39 is 17.7 Å². The lowest BCUT2D eigenvalue weighted by Crippen LogP contribution is -2.43. The van der Waals surface area contributed by atoms with Crippen molar-refractivity contribution in [2.45, 2.75) is 39.2 Å². The third-order valence-electron chi connectivity index (χ3n) is 4.17. The highest BCUT2D eigenvalue weighted by molar-refractivity contribution is 5.90. The highest BCUT2D eigenvalue weighted by Crippen LogP contribution is 2.33. The van der Waals surface area contributed by atoms with Gasteiger partial charge in [-0.1, -0.05) is 13.8 Å². The summed E-state index contributed by atoms with van der Waals surface area (Å²) >= 11 is 0. The Morgan fingerprint density at radius 2 is 2.00 bits per heavy atom. The minimum absolute atomic E-state index is 0.0478. The van der Waals surface area contributed by atoms with E-state index in [1.165, 1.54) is 12.3 Å². The number of furan rings is 1. The van der Waals surface area contributed by atoms with Crippen LogP contribution >= 0.6 is 0 Å². The van der Waals surface area contributed by atoms with Crippen molar-refractivity contribution in [3.8, 4) is 17.0 Å². The van der Waals surface area contributed by atoms with Crippen molar-refractivity contribution in [2.24, 2.45) is 11.7 Å². The molecule has 3 heterocycles. The molecule has 0 aliphatic carbocycles. The quantitative estimate of drug-likeness (QED) is 0.631. The maximum Gasteiger partial charge on any atom is 0.284 e. The number of ether oxygens (including phenoxy) is 1. The highest BCUT2D eigenvalue weighted by Gasteiger charge is 2.24. The van der Waals surface area contributed by atoms with Crippen molar-refractivity contribution < 1.29 is 17.9 Å². The molecule has 0 aliphatic heterocycles. The Morgan fingerprint density at radius 3 is 2.70 bits per heavy atom. The van der Waals surface area contributed by atoms with E-state index in [1.807, 2.05) is 6.92 Å². The van der Waals surface area contributed by atoms with E-state index in [0.29, 0.717) is 28.3 Å². The fourth-order valence-electron chi connectivity index (χ4n) is 3.22. The van der Waals surface area contributed by atoms with Gasteiger partial charge < -0.3 is 14.9 Å². The summed E-state index contributed by atoms with van der Waals surface area (Å²) in [5.74, 6) is 0.425. The second-order valence-corrected chi connectivity index (χ2v) is 7.42. The average Bonchev–Trinajstić information content (AvgIpc) is 3.07. The second kappa shape index (κ2) is 7.60. The van der Waals surface area contributed by atoms with Crippen LogP contribution in [0.5, 0.6) is 5.75 Å². The Balaban J connectivity index is 1.91. The highest BCUT2D eigenvalue weighted by atomic mass is 19.3. The number of pyridine rings is 2. The van der Waals surface area contributed by atoms with Crippen molar-refractivity contribution in [2.75, 3.05) is 6.61 Å². The van der Waals surface area contributed by atoms with E-state index in [4.69, 9.17) is 14.9 Å². The van der Waals surface area contributed by atoms with Crippen LogP contribution < -0.4 is 10.5 Å². The number of nitrogens with two attached hydrogens (primary N) is 1. The van der Waals surface area contributed by atoms with Crippen molar-refractivity contribution in [3.05, 3.63) is 42.4 Å². The van der Waals surface area contributed by atoms with Crippen LogP contribution in [0.1, 0.15) is 39.3 Å². The number of rotatable bonds is 7. The molecular formula is C20H23F2N3O2. The van der Waals surface area contributed by atoms with Crippen molar-refractivity contribution in [1.82, 2.24) is 9.97 Å². The molecule has 5 nitrogen and oxygen atoms in total. The van der Waals surface area contributed by atoms with Crippen LogP contribution in [0.25, 0.3) is 22.4 Å². The molecule has 0 radical (unpaired) electrons. The van der Waals surface area contributed by atoms with Gasteiger partial charge in [0.05, 0.1) is 12.0 Å². The smallest absolute Gasteiger partial charge is 0.284 e. The molecule has 7 heteroatoms. The summed E-state index contributed by atoms with van der Waals surface area (Å²) in [6.45, 7) is 6.09. The molecule has 0 saturated carbocycles. The molecule has 2 N–H and O–H groups in total. The van der Waals surface area contributed by atoms with Gasteiger partial charge in [0.1, 0.15) is 18.1 Å². The summed E-state index contributed by atoms with van der Waals surface area (Å²) in [5, 5.41) is 0.713. The standard InChI is InChI=1S/C20H23F2N3O2/c1-12(2)10-20(3,23)11-27-16-5-4-15(25-17(16)18(21)22)13-6-8-24-19-14(13)7-9-26-19/h4-9,12,18H,10-11,23H2,1-3H3/t20-/m0/s1. The molecular weight excluding hydrogens is 352 g/mol. The Bertz CT molecular complexity index is 922. The number of fused-ring (bicyclic) bond motifs is 1. The molecule has 0 aliphatic rings. The van der Waals surface area contributed by atoms with Crippen LogP contribution in [0.4, 0.5) is 8.78 Å². The number of halogens is 2. The van der Waals surface area contributed by atoms with Gasteiger partial charge in [-0.25, -0.2) is 18.7 Å². The molecule has 0 spiro atoms.